The number of sulfonamides is 1. The smallest absolute Gasteiger partial charge is 0.243 e. The SMILES string of the molecule is COc1cccc(S(=O)(=O)N(C)C2CCC(N)CC2)c1. The Morgan fingerprint density at radius 2 is 1.90 bits per heavy atom. The number of methoxy groups -OCH3 is 1. The number of ether oxygens (including phenoxy) is 1. The van der Waals surface area contributed by atoms with Crippen LogP contribution < -0.4 is 10.5 Å². The van der Waals surface area contributed by atoms with Gasteiger partial charge in [0.1, 0.15) is 5.75 Å². The maximum Gasteiger partial charge on any atom is 0.243 e. The molecule has 5 nitrogen and oxygen atoms in total. The molecule has 20 heavy (non-hydrogen) atoms. The van der Waals surface area contributed by atoms with Gasteiger partial charge in [-0.05, 0) is 37.8 Å². The number of nitrogens with two attached hydrogens (primary N) is 1. The fourth-order valence-corrected chi connectivity index (χ4v) is 4.04. The van der Waals surface area contributed by atoms with Gasteiger partial charge < -0.3 is 10.5 Å². The van der Waals surface area contributed by atoms with E-state index >= 15 is 0 Å². The molecule has 1 aliphatic rings. The van der Waals surface area contributed by atoms with E-state index in [0.717, 1.165) is 25.7 Å². The molecular weight excluding hydrogens is 276 g/mol. The zero-order valence-electron chi connectivity index (χ0n) is 12.0. The van der Waals surface area contributed by atoms with Crippen LogP contribution in [-0.4, -0.2) is 39.0 Å². The Morgan fingerprint density at radius 3 is 2.50 bits per heavy atom. The van der Waals surface area contributed by atoms with E-state index in [1.165, 1.54) is 11.4 Å². The van der Waals surface area contributed by atoms with Crippen LogP contribution >= 0.6 is 0 Å². The van der Waals surface area contributed by atoms with E-state index in [1.807, 2.05) is 0 Å². The van der Waals surface area contributed by atoms with Crippen molar-refractivity contribution >= 4 is 10.0 Å². The number of rotatable bonds is 4. The van der Waals surface area contributed by atoms with Gasteiger partial charge in [-0.1, -0.05) is 6.07 Å². The third kappa shape index (κ3) is 3.13. The molecule has 1 fully saturated rings. The van der Waals surface area contributed by atoms with Crippen LogP contribution in [0.4, 0.5) is 0 Å². The second-order valence-corrected chi connectivity index (χ2v) is 7.27. The van der Waals surface area contributed by atoms with E-state index < -0.39 is 10.0 Å². The molecule has 112 valence electrons. The van der Waals surface area contributed by atoms with Crippen molar-refractivity contribution < 1.29 is 13.2 Å². The molecule has 0 atom stereocenters. The lowest BCUT2D eigenvalue weighted by atomic mass is 9.92. The molecule has 0 amide bonds. The van der Waals surface area contributed by atoms with Crippen LogP contribution in [0.3, 0.4) is 0 Å². The summed E-state index contributed by atoms with van der Waals surface area (Å²) in [5.74, 6) is 0.546. The highest BCUT2D eigenvalue weighted by Gasteiger charge is 2.30. The van der Waals surface area contributed by atoms with Crippen LogP contribution in [0.15, 0.2) is 29.2 Å². The predicted octanol–water partition coefficient (Wildman–Crippen LogP) is 1.59. The lowest BCUT2D eigenvalue weighted by Crippen LogP contribution is -2.41. The summed E-state index contributed by atoms with van der Waals surface area (Å²) < 4.78 is 31.8. The molecule has 0 heterocycles. The van der Waals surface area contributed by atoms with Crippen molar-refractivity contribution in [2.45, 2.75) is 42.7 Å². The van der Waals surface area contributed by atoms with Crippen molar-refractivity contribution in [3.63, 3.8) is 0 Å². The molecule has 1 saturated carbocycles. The third-order valence-electron chi connectivity index (χ3n) is 3.97. The first-order valence-corrected chi connectivity index (χ1v) is 8.27. The summed E-state index contributed by atoms with van der Waals surface area (Å²) in [5.41, 5.74) is 5.87. The largest absolute Gasteiger partial charge is 0.497 e. The van der Waals surface area contributed by atoms with Gasteiger partial charge in [0.25, 0.3) is 0 Å². The Hall–Kier alpha value is -1.11. The normalized spacial score (nSPS) is 23.8. The second-order valence-electron chi connectivity index (χ2n) is 5.27. The van der Waals surface area contributed by atoms with Gasteiger partial charge in [0, 0.05) is 25.2 Å². The molecule has 0 aromatic heterocycles. The first kappa shape index (κ1) is 15.3. The van der Waals surface area contributed by atoms with Gasteiger partial charge in [0.2, 0.25) is 10.0 Å². The predicted molar refractivity (Wildman–Crippen MR) is 78.2 cm³/mol. The molecule has 0 spiro atoms. The number of hydrogen-bond acceptors (Lipinski definition) is 4. The van der Waals surface area contributed by atoms with Crippen LogP contribution in [0.25, 0.3) is 0 Å². The van der Waals surface area contributed by atoms with E-state index in [1.54, 1.807) is 31.3 Å². The molecule has 1 aromatic rings. The van der Waals surface area contributed by atoms with Crippen molar-refractivity contribution in [3.05, 3.63) is 24.3 Å². The van der Waals surface area contributed by atoms with Crippen molar-refractivity contribution in [2.24, 2.45) is 5.73 Å². The molecule has 0 unspecified atom stereocenters. The molecule has 2 N–H and O–H groups in total. The first-order valence-electron chi connectivity index (χ1n) is 6.83. The molecule has 0 aliphatic heterocycles. The standard InChI is InChI=1S/C14H22N2O3S/c1-16(12-8-6-11(15)7-9-12)20(17,18)14-5-3-4-13(10-14)19-2/h3-5,10-12H,6-9,15H2,1-2H3. The molecule has 6 heteroatoms. The van der Waals surface area contributed by atoms with Crippen LogP contribution in [-0.2, 0) is 10.0 Å². The molecule has 1 aromatic carbocycles. The van der Waals surface area contributed by atoms with Crippen LogP contribution in [0.1, 0.15) is 25.7 Å². The minimum Gasteiger partial charge on any atom is -0.497 e. The Morgan fingerprint density at radius 1 is 1.25 bits per heavy atom. The Balaban J connectivity index is 2.20. The molecule has 0 saturated heterocycles. The number of nitrogens with zero attached hydrogens (tertiary/aromatic N) is 1. The zero-order chi connectivity index (χ0) is 14.8. The van der Waals surface area contributed by atoms with Gasteiger partial charge >= 0.3 is 0 Å². The second kappa shape index (κ2) is 6.11. The Bertz CT molecular complexity index is 551. The molecular formula is C14H22N2O3S. The number of benzene rings is 1. The summed E-state index contributed by atoms with van der Waals surface area (Å²) in [5, 5.41) is 0. The van der Waals surface area contributed by atoms with E-state index in [2.05, 4.69) is 0 Å². The topological polar surface area (TPSA) is 72.6 Å². The van der Waals surface area contributed by atoms with Gasteiger partial charge in [0.15, 0.2) is 0 Å². The van der Waals surface area contributed by atoms with Gasteiger partial charge in [0.05, 0.1) is 12.0 Å². The summed E-state index contributed by atoms with van der Waals surface area (Å²) in [7, 11) is -0.301. The fourth-order valence-electron chi connectivity index (χ4n) is 2.59. The highest BCUT2D eigenvalue weighted by Crippen LogP contribution is 2.27. The summed E-state index contributed by atoms with van der Waals surface area (Å²) in [6, 6.07) is 6.82. The van der Waals surface area contributed by atoms with Gasteiger partial charge in [-0.3, -0.25) is 0 Å². The molecule has 0 radical (unpaired) electrons. The summed E-state index contributed by atoms with van der Waals surface area (Å²) in [6.07, 6.45) is 3.40. The van der Waals surface area contributed by atoms with Gasteiger partial charge in [-0.15, -0.1) is 0 Å². The quantitative estimate of drug-likeness (QED) is 0.916. The lowest BCUT2D eigenvalue weighted by Gasteiger charge is -2.32. The first-order chi connectivity index (χ1) is 9.45. The van der Waals surface area contributed by atoms with Gasteiger partial charge in [-0.25, -0.2) is 8.42 Å². The van der Waals surface area contributed by atoms with Crippen LogP contribution in [0.2, 0.25) is 0 Å². The summed E-state index contributed by atoms with van der Waals surface area (Å²) >= 11 is 0. The van der Waals surface area contributed by atoms with E-state index in [9.17, 15) is 8.42 Å². The van der Waals surface area contributed by atoms with E-state index in [0.29, 0.717) is 5.75 Å². The highest BCUT2D eigenvalue weighted by molar-refractivity contribution is 7.89. The van der Waals surface area contributed by atoms with Crippen LogP contribution in [0.5, 0.6) is 5.75 Å². The van der Waals surface area contributed by atoms with E-state index in [-0.39, 0.29) is 17.0 Å². The zero-order valence-corrected chi connectivity index (χ0v) is 12.8. The number of hydrogen-bond donors (Lipinski definition) is 1. The summed E-state index contributed by atoms with van der Waals surface area (Å²) in [4.78, 5) is 0.272. The average Bonchev–Trinajstić information content (AvgIpc) is 2.47. The Labute approximate surface area is 120 Å². The Kier molecular flexibility index (Phi) is 4.67. The minimum absolute atomic E-state index is 0.0333. The third-order valence-corrected chi connectivity index (χ3v) is 5.88. The van der Waals surface area contributed by atoms with Crippen molar-refractivity contribution in [2.75, 3.05) is 14.2 Å². The summed E-state index contributed by atoms with van der Waals surface area (Å²) in [6.45, 7) is 0. The maximum atomic E-state index is 12.6. The van der Waals surface area contributed by atoms with Gasteiger partial charge in [-0.2, -0.15) is 4.31 Å². The monoisotopic (exact) mass is 298 g/mol. The minimum atomic E-state index is -3.48. The van der Waals surface area contributed by atoms with Crippen molar-refractivity contribution in [3.8, 4) is 5.75 Å². The average molecular weight is 298 g/mol. The van der Waals surface area contributed by atoms with Crippen molar-refractivity contribution in [1.82, 2.24) is 4.31 Å². The highest BCUT2D eigenvalue weighted by atomic mass is 32.2. The maximum absolute atomic E-state index is 12.6. The molecule has 1 aliphatic carbocycles. The molecule has 0 bridgehead atoms. The molecule has 2 rings (SSSR count). The van der Waals surface area contributed by atoms with Crippen LogP contribution in [0, 0.1) is 0 Å². The fraction of sp³-hybridized carbons (Fsp3) is 0.571. The van der Waals surface area contributed by atoms with E-state index in [4.69, 9.17) is 10.5 Å². The van der Waals surface area contributed by atoms with Crippen molar-refractivity contribution in [1.29, 1.82) is 0 Å². The lowest BCUT2D eigenvalue weighted by molar-refractivity contribution is 0.268.